The molecule has 0 atom stereocenters. The van der Waals surface area contributed by atoms with E-state index < -0.39 is 17.1 Å². The number of ether oxygens (including phenoxy) is 2. The second-order valence-corrected chi connectivity index (χ2v) is 10.5. The van der Waals surface area contributed by atoms with E-state index in [1.54, 1.807) is 31.4 Å². The zero-order chi connectivity index (χ0) is 28.2. The number of rotatable bonds is 8. The number of nitrogens with one attached hydrogen (secondary N) is 1. The molecule has 0 aromatic heterocycles. The number of nitrogens with zero attached hydrogens (tertiary/aromatic N) is 1. The fourth-order valence-electron chi connectivity index (χ4n) is 4.46. The van der Waals surface area contributed by atoms with Crippen LogP contribution in [0.4, 0.5) is 10.5 Å². The maximum Gasteiger partial charge on any atom is 0.294 e. The number of anilines is 1. The van der Waals surface area contributed by atoms with Gasteiger partial charge in [0.1, 0.15) is 13.2 Å². The summed E-state index contributed by atoms with van der Waals surface area (Å²) in [6.45, 7) is 3.81. The largest absolute Gasteiger partial charge is 0.493 e. The summed E-state index contributed by atoms with van der Waals surface area (Å²) in [6, 6.07) is 25.2. The Morgan fingerprint density at radius 2 is 1.75 bits per heavy atom. The van der Waals surface area contributed by atoms with Gasteiger partial charge in [-0.05, 0) is 82.9 Å². The second-order valence-electron chi connectivity index (χ2n) is 9.47. The van der Waals surface area contributed by atoms with E-state index in [9.17, 15) is 14.4 Å². The molecule has 3 amide bonds. The quantitative estimate of drug-likeness (QED) is 0.244. The van der Waals surface area contributed by atoms with Crippen molar-refractivity contribution >= 4 is 51.4 Å². The summed E-state index contributed by atoms with van der Waals surface area (Å²) in [5.41, 5.74) is 4.27. The molecular formula is C32H28N2O5S. The molecule has 4 aromatic carbocycles. The highest BCUT2D eigenvalue weighted by Crippen LogP contribution is 2.35. The van der Waals surface area contributed by atoms with Crippen LogP contribution in [0, 0.1) is 13.8 Å². The molecule has 1 saturated heterocycles. The van der Waals surface area contributed by atoms with Crippen LogP contribution in [0.15, 0.2) is 83.8 Å². The Hall–Kier alpha value is -4.56. The van der Waals surface area contributed by atoms with Gasteiger partial charge in [-0.15, -0.1) is 0 Å². The summed E-state index contributed by atoms with van der Waals surface area (Å²) in [7, 11) is 1.55. The van der Waals surface area contributed by atoms with E-state index in [4.69, 9.17) is 9.47 Å². The third-order valence-electron chi connectivity index (χ3n) is 6.59. The molecule has 4 aromatic rings. The molecule has 7 nitrogen and oxygen atoms in total. The van der Waals surface area contributed by atoms with Crippen LogP contribution in [0.2, 0.25) is 0 Å². The summed E-state index contributed by atoms with van der Waals surface area (Å²) >= 11 is 0.803. The molecule has 0 spiro atoms. The number of benzene rings is 4. The van der Waals surface area contributed by atoms with Crippen molar-refractivity contribution in [2.24, 2.45) is 0 Å². The standard InChI is InChI=1S/C32H28N2O5S/c1-20-11-12-21(2)26(15-20)33-30(35)18-34-31(36)29(40-32(34)37)17-22-13-14-27(28(16-22)38-3)39-19-24-9-6-8-23-7-4-5-10-25(23)24/h4-17H,18-19H2,1-3H3,(H,33,35)/b29-17+. The molecule has 0 aliphatic carbocycles. The maximum absolute atomic E-state index is 13.0. The van der Waals surface area contributed by atoms with Gasteiger partial charge in [-0.2, -0.15) is 0 Å². The number of hydrogen-bond acceptors (Lipinski definition) is 6. The molecule has 8 heteroatoms. The summed E-state index contributed by atoms with van der Waals surface area (Å²) in [6.07, 6.45) is 1.62. The van der Waals surface area contributed by atoms with Crippen molar-refractivity contribution in [1.82, 2.24) is 4.90 Å². The predicted octanol–water partition coefficient (Wildman–Crippen LogP) is 6.72. The van der Waals surface area contributed by atoms with Gasteiger partial charge in [-0.3, -0.25) is 19.3 Å². The Morgan fingerprint density at radius 1 is 0.950 bits per heavy atom. The average molecular weight is 553 g/mol. The van der Waals surface area contributed by atoms with Gasteiger partial charge in [0, 0.05) is 5.69 Å². The smallest absolute Gasteiger partial charge is 0.294 e. The lowest BCUT2D eigenvalue weighted by Gasteiger charge is -2.14. The Kier molecular flexibility index (Phi) is 7.89. The van der Waals surface area contributed by atoms with Gasteiger partial charge in [0.2, 0.25) is 5.91 Å². The third-order valence-corrected chi connectivity index (χ3v) is 7.50. The van der Waals surface area contributed by atoms with Gasteiger partial charge < -0.3 is 14.8 Å². The molecule has 5 rings (SSSR count). The van der Waals surface area contributed by atoms with Gasteiger partial charge in [0.25, 0.3) is 11.1 Å². The normalized spacial score (nSPS) is 14.2. The van der Waals surface area contributed by atoms with Crippen LogP contribution in [-0.4, -0.2) is 35.6 Å². The SMILES string of the molecule is COc1cc(/C=C2/SC(=O)N(CC(=O)Nc3cc(C)ccc3C)C2=O)ccc1OCc1cccc2ccccc12. The van der Waals surface area contributed by atoms with Crippen LogP contribution in [0.3, 0.4) is 0 Å². The van der Waals surface area contributed by atoms with Crippen molar-refractivity contribution in [3.63, 3.8) is 0 Å². The van der Waals surface area contributed by atoms with E-state index >= 15 is 0 Å². The Morgan fingerprint density at radius 3 is 2.58 bits per heavy atom. The topological polar surface area (TPSA) is 84.9 Å². The Labute approximate surface area is 236 Å². The molecule has 0 bridgehead atoms. The summed E-state index contributed by atoms with van der Waals surface area (Å²) < 4.78 is 11.6. The lowest BCUT2D eigenvalue weighted by molar-refractivity contribution is -0.127. The first kappa shape index (κ1) is 27.0. The van der Waals surface area contributed by atoms with E-state index in [1.165, 1.54) is 0 Å². The number of hydrogen-bond donors (Lipinski definition) is 1. The van der Waals surface area contributed by atoms with E-state index in [2.05, 4.69) is 23.5 Å². The highest BCUT2D eigenvalue weighted by atomic mass is 32.2. The number of carbonyl (C=O) groups is 3. The number of carbonyl (C=O) groups excluding carboxylic acids is 3. The molecule has 1 fully saturated rings. The highest BCUT2D eigenvalue weighted by molar-refractivity contribution is 8.18. The molecule has 1 aliphatic heterocycles. The summed E-state index contributed by atoms with van der Waals surface area (Å²) in [5.74, 6) is 0.109. The Bertz CT molecular complexity index is 1660. The van der Waals surface area contributed by atoms with Crippen LogP contribution in [0.5, 0.6) is 11.5 Å². The maximum atomic E-state index is 13.0. The minimum absolute atomic E-state index is 0.232. The van der Waals surface area contributed by atoms with Crippen LogP contribution in [-0.2, 0) is 16.2 Å². The van der Waals surface area contributed by atoms with Crippen LogP contribution in [0.25, 0.3) is 16.8 Å². The van der Waals surface area contributed by atoms with Crippen molar-refractivity contribution in [2.75, 3.05) is 19.0 Å². The fourth-order valence-corrected chi connectivity index (χ4v) is 5.30. The molecule has 40 heavy (non-hydrogen) atoms. The van der Waals surface area contributed by atoms with Crippen LogP contribution in [0.1, 0.15) is 22.3 Å². The number of imide groups is 1. The third kappa shape index (κ3) is 5.87. The van der Waals surface area contributed by atoms with Crippen molar-refractivity contribution in [3.05, 3.63) is 106 Å². The molecule has 1 heterocycles. The van der Waals surface area contributed by atoms with Gasteiger partial charge in [-0.1, -0.05) is 60.7 Å². The summed E-state index contributed by atoms with van der Waals surface area (Å²) in [4.78, 5) is 39.4. The van der Waals surface area contributed by atoms with E-state index in [0.29, 0.717) is 29.4 Å². The number of amides is 3. The predicted molar refractivity (Wildman–Crippen MR) is 158 cm³/mol. The van der Waals surface area contributed by atoms with Crippen molar-refractivity contribution < 1.29 is 23.9 Å². The molecule has 1 N–H and O–H groups in total. The van der Waals surface area contributed by atoms with Crippen molar-refractivity contribution in [2.45, 2.75) is 20.5 Å². The van der Waals surface area contributed by atoms with Crippen molar-refractivity contribution in [3.8, 4) is 11.5 Å². The zero-order valence-corrected chi connectivity index (χ0v) is 23.2. The van der Waals surface area contributed by atoms with E-state index in [1.807, 2.05) is 56.3 Å². The van der Waals surface area contributed by atoms with Gasteiger partial charge in [0.05, 0.1) is 12.0 Å². The van der Waals surface area contributed by atoms with Crippen LogP contribution >= 0.6 is 11.8 Å². The number of methoxy groups -OCH3 is 1. The number of aryl methyl sites for hydroxylation is 2. The minimum atomic E-state index is -0.513. The van der Waals surface area contributed by atoms with Gasteiger partial charge >= 0.3 is 0 Å². The molecule has 0 unspecified atom stereocenters. The Balaban J connectivity index is 1.27. The minimum Gasteiger partial charge on any atom is -0.493 e. The van der Waals surface area contributed by atoms with Gasteiger partial charge in [0.15, 0.2) is 11.5 Å². The zero-order valence-electron chi connectivity index (χ0n) is 22.4. The summed E-state index contributed by atoms with van der Waals surface area (Å²) in [5, 5.41) is 4.57. The monoisotopic (exact) mass is 552 g/mol. The highest BCUT2D eigenvalue weighted by Gasteiger charge is 2.36. The molecule has 0 saturated carbocycles. The van der Waals surface area contributed by atoms with E-state index in [-0.39, 0.29) is 11.4 Å². The second kappa shape index (κ2) is 11.7. The van der Waals surface area contributed by atoms with Crippen LogP contribution < -0.4 is 14.8 Å². The average Bonchev–Trinajstić information content (AvgIpc) is 3.21. The van der Waals surface area contributed by atoms with Crippen molar-refractivity contribution in [1.29, 1.82) is 0 Å². The van der Waals surface area contributed by atoms with E-state index in [0.717, 1.165) is 44.1 Å². The molecule has 0 radical (unpaired) electrons. The molecule has 1 aliphatic rings. The first-order chi connectivity index (χ1) is 19.3. The lowest BCUT2D eigenvalue weighted by atomic mass is 10.1. The first-order valence-electron chi connectivity index (χ1n) is 12.7. The molecular weight excluding hydrogens is 524 g/mol. The number of thioether (sulfide) groups is 1. The number of fused-ring (bicyclic) bond motifs is 1. The first-order valence-corrected chi connectivity index (χ1v) is 13.5. The van der Waals surface area contributed by atoms with Gasteiger partial charge in [-0.25, -0.2) is 0 Å². The fraction of sp³-hybridized carbons (Fsp3) is 0.156. The lowest BCUT2D eigenvalue weighted by Crippen LogP contribution is -2.36. The molecule has 202 valence electrons.